The Bertz CT molecular complexity index is 1100. The van der Waals surface area contributed by atoms with E-state index in [1.807, 2.05) is 4.90 Å². The largest absolute Gasteiger partial charge is 0.378 e. The maximum Gasteiger partial charge on any atom is 0.252 e. The highest BCUT2D eigenvalue weighted by atomic mass is 16.5. The van der Waals surface area contributed by atoms with Gasteiger partial charge in [0.25, 0.3) is 5.95 Å². The molecule has 3 aromatic heterocycles. The molecule has 152 valence electrons. The van der Waals surface area contributed by atoms with E-state index < -0.39 is 0 Å². The van der Waals surface area contributed by atoms with E-state index in [1.54, 1.807) is 25.5 Å². The molecule has 3 N–H and O–H groups in total. The van der Waals surface area contributed by atoms with Gasteiger partial charge in [-0.2, -0.15) is 25.0 Å². The molecule has 4 rings (SSSR count). The van der Waals surface area contributed by atoms with Crippen molar-refractivity contribution in [3.8, 4) is 12.0 Å². The van der Waals surface area contributed by atoms with Crippen LogP contribution in [0, 0.1) is 11.3 Å². The zero-order chi connectivity index (χ0) is 20.9. The summed E-state index contributed by atoms with van der Waals surface area (Å²) in [5, 5.41) is 25.2. The Kier molecular flexibility index (Phi) is 5.39. The molecule has 3 aromatic rings. The lowest BCUT2D eigenvalue weighted by atomic mass is 10.3. The number of anilines is 3. The number of azo groups is 1. The molecule has 0 spiro atoms. The molecule has 1 fully saturated rings. The Labute approximate surface area is 171 Å². The van der Waals surface area contributed by atoms with Crippen molar-refractivity contribution >= 4 is 29.1 Å². The van der Waals surface area contributed by atoms with Gasteiger partial charge in [0.15, 0.2) is 23.1 Å². The van der Waals surface area contributed by atoms with E-state index in [1.165, 1.54) is 10.9 Å². The number of nitriles is 1. The number of hydrogen-bond acceptors (Lipinski definition) is 12. The first kappa shape index (κ1) is 19.2. The van der Waals surface area contributed by atoms with Crippen LogP contribution < -0.4 is 16.0 Å². The minimum Gasteiger partial charge on any atom is -0.378 e. The third kappa shape index (κ3) is 3.71. The van der Waals surface area contributed by atoms with Crippen molar-refractivity contribution in [2.24, 2.45) is 10.2 Å². The van der Waals surface area contributed by atoms with Gasteiger partial charge in [0.05, 0.1) is 19.4 Å². The standard InChI is InChI=1S/C17H18N12O/c1-20-13-12(15(25-16(19)24-13)28-5-7-30-8-6-28)26-27-14-11(9-18)10-23-29(14)17-21-3-2-4-22-17/h2-4,10H,5-8H2,1H3,(H3,19,20,24,25)/b27-26+. The zero-order valence-corrected chi connectivity index (χ0v) is 16.1. The monoisotopic (exact) mass is 406 g/mol. The van der Waals surface area contributed by atoms with Crippen LogP contribution in [-0.4, -0.2) is 63.1 Å². The Balaban J connectivity index is 1.80. The molecule has 0 amide bonds. The van der Waals surface area contributed by atoms with Crippen LogP contribution in [-0.2, 0) is 4.74 Å². The van der Waals surface area contributed by atoms with E-state index >= 15 is 0 Å². The zero-order valence-electron chi connectivity index (χ0n) is 16.1. The van der Waals surface area contributed by atoms with Crippen LogP contribution in [0.15, 0.2) is 34.9 Å². The second kappa shape index (κ2) is 8.45. The van der Waals surface area contributed by atoms with Gasteiger partial charge in [-0.1, -0.05) is 0 Å². The van der Waals surface area contributed by atoms with Crippen molar-refractivity contribution in [3.63, 3.8) is 0 Å². The smallest absolute Gasteiger partial charge is 0.252 e. The van der Waals surface area contributed by atoms with Crippen LogP contribution in [0.3, 0.4) is 0 Å². The fourth-order valence-electron chi connectivity index (χ4n) is 2.88. The summed E-state index contributed by atoms with van der Waals surface area (Å²) in [6.07, 6.45) is 4.52. The van der Waals surface area contributed by atoms with E-state index in [-0.39, 0.29) is 23.3 Å². The lowest BCUT2D eigenvalue weighted by Crippen LogP contribution is -2.37. The highest BCUT2D eigenvalue weighted by Gasteiger charge is 2.22. The third-order valence-corrected chi connectivity index (χ3v) is 4.28. The van der Waals surface area contributed by atoms with Crippen molar-refractivity contribution in [2.75, 3.05) is 49.3 Å². The molecule has 30 heavy (non-hydrogen) atoms. The van der Waals surface area contributed by atoms with Gasteiger partial charge in [-0.15, -0.1) is 10.2 Å². The lowest BCUT2D eigenvalue weighted by molar-refractivity contribution is 0.122. The number of nitrogens with one attached hydrogen (secondary N) is 1. The van der Waals surface area contributed by atoms with Gasteiger partial charge in [0.2, 0.25) is 5.95 Å². The normalized spacial score (nSPS) is 14.1. The topological polar surface area (TPSA) is 168 Å². The first-order valence-corrected chi connectivity index (χ1v) is 9.06. The highest BCUT2D eigenvalue weighted by molar-refractivity contribution is 5.76. The molecule has 0 atom stereocenters. The summed E-state index contributed by atoms with van der Waals surface area (Å²) in [7, 11) is 1.70. The van der Waals surface area contributed by atoms with Crippen LogP contribution in [0.4, 0.5) is 29.1 Å². The quantitative estimate of drug-likeness (QED) is 0.587. The lowest BCUT2D eigenvalue weighted by Gasteiger charge is -2.28. The average Bonchev–Trinajstić information content (AvgIpc) is 3.21. The fourth-order valence-corrected chi connectivity index (χ4v) is 2.88. The maximum absolute atomic E-state index is 9.45. The van der Waals surface area contributed by atoms with Gasteiger partial charge in [-0.05, 0) is 6.07 Å². The van der Waals surface area contributed by atoms with Crippen LogP contribution >= 0.6 is 0 Å². The molecule has 0 unspecified atom stereocenters. The summed E-state index contributed by atoms with van der Waals surface area (Å²) in [6, 6.07) is 3.73. The van der Waals surface area contributed by atoms with Gasteiger partial charge in [-0.25, -0.2) is 9.97 Å². The predicted octanol–water partition coefficient (Wildman–Crippen LogP) is 1.20. The summed E-state index contributed by atoms with van der Waals surface area (Å²) in [6.45, 7) is 2.38. The Hall–Kier alpha value is -4.18. The molecule has 1 saturated heterocycles. The fraction of sp³-hybridized carbons (Fsp3) is 0.294. The third-order valence-electron chi connectivity index (χ3n) is 4.28. The van der Waals surface area contributed by atoms with Gasteiger partial charge >= 0.3 is 0 Å². The molecule has 0 bridgehead atoms. The number of hydrogen-bond donors (Lipinski definition) is 2. The summed E-state index contributed by atoms with van der Waals surface area (Å²) in [5.74, 6) is 1.51. The number of aromatic nitrogens is 6. The minimum absolute atomic E-state index is 0.111. The van der Waals surface area contributed by atoms with Gasteiger partial charge in [0.1, 0.15) is 11.6 Å². The number of rotatable bonds is 5. The van der Waals surface area contributed by atoms with E-state index in [9.17, 15) is 5.26 Å². The van der Waals surface area contributed by atoms with Crippen molar-refractivity contribution < 1.29 is 4.74 Å². The second-order valence-corrected chi connectivity index (χ2v) is 6.11. The van der Waals surface area contributed by atoms with Crippen LogP contribution in [0.5, 0.6) is 0 Å². The summed E-state index contributed by atoms with van der Waals surface area (Å²) in [5.41, 5.74) is 6.49. The summed E-state index contributed by atoms with van der Waals surface area (Å²) >= 11 is 0. The van der Waals surface area contributed by atoms with Gasteiger partial charge < -0.3 is 20.7 Å². The highest BCUT2D eigenvalue weighted by Crippen LogP contribution is 2.36. The summed E-state index contributed by atoms with van der Waals surface area (Å²) < 4.78 is 6.76. The van der Waals surface area contributed by atoms with E-state index in [0.717, 1.165) is 0 Å². The van der Waals surface area contributed by atoms with E-state index in [0.29, 0.717) is 43.6 Å². The van der Waals surface area contributed by atoms with Crippen LogP contribution in [0.25, 0.3) is 5.95 Å². The molecular weight excluding hydrogens is 388 g/mol. The Morgan fingerprint density at radius 1 is 1.20 bits per heavy atom. The molecule has 13 heteroatoms. The van der Waals surface area contributed by atoms with Crippen molar-refractivity contribution in [1.29, 1.82) is 5.26 Å². The number of nitrogens with two attached hydrogens (primary N) is 1. The molecular formula is C17H18N12O. The Morgan fingerprint density at radius 2 is 1.97 bits per heavy atom. The molecule has 13 nitrogen and oxygen atoms in total. The van der Waals surface area contributed by atoms with E-state index in [2.05, 4.69) is 46.6 Å². The molecule has 1 aliphatic heterocycles. The maximum atomic E-state index is 9.45. The molecule has 0 aliphatic carbocycles. The minimum atomic E-state index is 0.111. The SMILES string of the molecule is CNc1nc(N)nc(N2CCOCC2)c1/N=N/c1c(C#N)cnn1-c1ncccn1. The average molecular weight is 406 g/mol. The van der Waals surface area contributed by atoms with Crippen LogP contribution in [0.2, 0.25) is 0 Å². The van der Waals surface area contributed by atoms with Crippen molar-refractivity contribution in [1.82, 2.24) is 29.7 Å². The van der Waals surface area contributed by atoms with Gasteiger partial charge in [0, 0.05) is 32.5 Å². The molecule has 1 aliphatic rings. The Morgan fingerprint density at radius 3 is 2.67 bits per heavy atom. The van der Waals surface area contributed by atoms with Gasteiger partial charge in [-0.3, -0.25) is 0 Å². The number of nitrogens with zero attached hydrogens (tertiary/aromatic N) is 10. The number of ether oxygens (including phenoxy) is 1. The van der Waals surface area contributed by atoms with Crippen LogP contribution in [0.1, 0.15) is 5.56 Å². The number of morpholine rings is 1. The van der Waals surface area contributed by atoms with Crippen molar-refractivity contribution in [3.05, 3.63) is 30.2 Å². The van der Waals surface area contributed by atoms with Crippen molar-refractivity contribution in [2.45, 2.75) is 0 Å². The van der Waals surface area contributed by atoms with E-state index in [4.69, 9.17) is 10.5 Å². The second-order valence-electron chi connectivity index (χ2n) is 6.11. The number of nitrogen functional groups attached to an aromatic ring is 1. The summed E-state index contributed by atoms with van der Waals surface area (Å²) in [4.78, 5) is 18.9. The predicted molar refractivity (Wildman–Crippen MR) is 107 cm³/mol. The molecule has 0 aromatic carbocycles. The molecule has 0 saturated carbocycles. The molecule has 4 heterocycles. The first-order valence-electron chi connectivity index (χ1n) is 9.06. The first-order chi connectivity index (χ1) is 14.7. The molecule has 0 radical (unpaired) electrons.